The van der Waals surface area contributed by atoms with Crippen LogP contribution in [0.15, 0.2) is 54.6 Å². The zero-order chi connectivity index (χ0) is 12.9. The molecule has 2 nitrogen and oxygen atoms in total. The molecule has 3 rings (SSSR count). The first-order valence-electron chi connectivity index (χ1n) is 6.93. The highest BCUT2D eigenvalue weighted by Crippen LogP contribution is 2.21. The molecule has 2 heteroatoms. The predicted octanol–water partition coefficient (Wildman–Crippen LogP) is 3.87. The molecular weight excluding hydrogens is 234 g/mol. The smallest absolute Gasteiger partial charge is 0.119 e. The van der Waals surface area contributed by atoms with Gasteiger partial charge in [-0.2, -0.15) is 0 Å². The quantitative estimate of drug-likeness (QED) is 0.820. The van der Waals surface area contributed by atoms with Crippen molar-refractivity contribution in [1.29, 1.82) is 0 Å². The van der Waals surface area contributed by atoms with Crippen LogP contribution in [-0.4, -0.2) is 13.1 Å². The van der Waals surface area contributed by atoms with Gasteiger partial charge in [-0.25, -0.2) is 0 Å². The van der Waals surface area contributed by atoms with Crippen LogP contribution in [0.2, 0.25) is 0 Å². The molecule has 0 bridgehead atoms. The first kappa shape index (κ1) is 12.1. The second kappa shape index (κ2) is 5.79. The van der Waals surface area contributed by atoms with Gasteiger partial charge in [0.2, 0.25) is 0 Å². The molecule has 0 N–H and O–H groups in total. The minimum absolute atomic E-state index is 0.629. The van der Waals surface area contributed by atoms with E-state index in [2.05, 4.69) is 29.2 Å². The minimum atomic E-state index is 0.629. The fraction of sp³-hybridized carbons (Fsp3) is 0.294. The van der Waals surface area contributed by atoms with Crippen LogP contribution in [0, 0.1) is 0 Å². The topological polar surface area (TPSA) is 12.5 Å². The third kappa shape index (κ3) is 3.08. The number of hydrogen-bond acceptors (Lipinski definition) is 2. The van der Waals surface area contributed by atoms with E-state index in [9.17, 15) is 0 Å². The molecule has 0 atom stereocenters. The Morgan fingerprint density at radius 1 is 0.842 bits per heavy atom. The van der Waals surface area contributed by atoms with Crippen LogP contribution in [0.1, 0.15) is 18.4 Å². The highest BCUT2D eigenvalue weighted by molar-refractivity contribution is 5.48. The zero-order valence-corrected chi connectivity index (χ0v) is 11.1. The lowest BCUT2D eigenvalue weighted by Crippen LogP contribution is -2.17. The number of hydrogen-bond donors (Lipinski definition) is 0. The van der Waals surface area contributed by atoms with Gasteiger partial charge in [-0.3, -0.25) is 0 Å². The Labute approximate surface area is 114 Å². The van der Waals surface area contributed by atoms with E-state index in [-0.39, 0.29) is 0 Å². The van der Waals surface area contributed by atoms with E-state index in [0.29, 0.717) is 6.61 Å². The first-order chi connectivity index (χ1) is 9.42. The molecule has 19 heavy (non-hydrogen) atoms. The summed E-state index contributed by atoms with van der Waals surface area (Å²) in [6, 6.07) is 18.7. The molecule has 98 valence electrons. The van der Waals surface area contributed by atoms with Crippen molar-refractivity contribution in [3.05, 3.63) is 60.2 Å². The summed E-state index contributed by atoms with van der Waals surface area (Å²) in [5.41, 5.74) is 2.55. The lowest BCUT2D eigenvalue weighted by molar-refractivity contribution is 0.306. The van der Waals surface area contributed by atoms with E-state index in [1.807, 2.05) is 30.3 Å². The summed E-state index contributed by atoms with van der Waals surface area (Å²) >= 11 is 0. The lowest BCUT2D eigenvalue weighted by atomic mass is 10.2. The van der Waals surface area contributed by atoms with Crippen LogP contribution in [0.4, 0.5) is 5.69 Å². The fourth-order valence-electron chi connectivity index (χ4n) is 2.46. The Bertz CT molecular complexity index is 501. The van der Waals surface area contributed by atoms with Crippen LogP contribution >= 0.6 is 0 Å². The van der Waals surface area contributed by atoms with Crippen molar-refractivity contribution in [2.75, 3.05) is 18.0 Å². The molecule has 0 radical (unpaired) electrons. The SMILES string of the molecule is c1ccc(OCc2ccc(N3CCCC3)cc2)cc1. The Morgan fingerprint density at radius 2 is 1.53 bits per heavy atom. The van der Waals surface area contributed by atoms with Crippen molar-refractivity contribution < 1.29 is 4.74 Å². The molecule has 1 saturated heterocycles. The van der Waals surface area contributed by atoms with Gasteiger partial charge in [0.25, 0.3) is 0 Å². The third-order valence-corrected chi connectivity index (χ3v) is 3.56. The van der Waals surface area contributed by atoms with Gasteiger partial charge in [-0.15, -0.1) is 0 Å². The van der Waals surface area contributed by atoms with Crippen molar-refractivity contribution in [1.82, 2.24) is 0 Å². The molecule has 0 amide bonds. The second-order valence-corrected chi connectivity index (χ2v) is 4.96. The summed E-state index contributed by atoms with van der Waals surface area (Å²) in [5.74, 6) is 0.922. The molecule has 0 aromatic heterocycles. The molecule has 1 heterocycles. The number of benzene rings is 2. The van der Waals surface area contributed by atoms with Crippen LogP contribution in [0.3, 0.4) is 0 Å². The number of para-hydroxylation sites is 1. The van der Waals surface area contributed by atoms with E-state index in [0.717, 1.165) is 5.75 Å². The zero-order valence-electron chi connectivity index (χ0n) is 11.1. The van der Waals surface area contributed by atoms with Crippen molar-refractivity contribution in [2.45, 2.75) is 19.4 Å². The molecule has 1 fully saturated rings. The van der Waals surface area contributed by atoms with E-state index in [1.54, 1.807) is 0 Å². The van der Waals surface area contributed by atoms with E-state index in [4.69, 9.17) is 4.74 Å². The van der Waals surface area contributed by atoms with Crippen molar-refractivity contribution in [2.24, 2.45) is 0 Å². The van der Waals surface area contributed by atoms with Gasteiger partial charge in [0.15, 0.2) is 0 Å². The molecule has 0 saturated carbocycles. The summed E-state index contributed by atoms with van der Waals surface area (Å²) in [6.07, 6.45) is 2.64. The van der Waals surface area contributed by atoms with Gasteiger partial charge in [-0.1, -0.05) is 30.3 Å². The van der Waals surface area contributed by atoms with Gasteiger partial charge in [0, 0.05) is 18.8 Å². The van der Waals surface area contributed by atoms with Crippen LogP contribution in [0.25, 0.3) is 0 Å². The van der Waals surface area contributed by atoms with E-state index in [1.165, 1.54) is 37.2 Å². The van der Waals surface area contributed by atoms with Gasteiger partial charge in [-0.05, 0) is 42.7 Å². The number of rotatable bonds is 4. The maximum Gasteiger partial charge on any atom is 0.119 e. The van der Waals surface area contributed by atoms with E-state index >= 15 is 0 Å². The van der Waals surface area contributed by atoms with Gasteiger partial charge < -0.3 is 9.64 Å². The summed E-state index contributed by atoms with van der Waals surface area (Å²) < 4.78 is 5.74. The second-order valence-electron chi connectivity index (χ2n) is 4.96. The van der Waals surface area contributed by atoms with Gasteiger partial charge in [0.05, 0.1) is 0 Å². The molecule has 2 aromatic rings. The third-order valence-electron chi connectivity index (χ3n) is 3.56. The number of ether oxygens (including phenoxy) is 1. The minimum Gasteiger partial charge on any atom is -0.489 e. The Kier molecular flexibility index (Phi) is 3.68. The Balaban J connectivity index is 1.60. The largest absolute Gasteiger partial charge is 0.489 e. The van der Waals surface area contributed by atoms with Crippen LogP contribution < -0.4 is 9.64 Å². The Morgan fingerprint density at radius 3 is 2.21 bits per heavy atom. The highest BCUT2D eigenvalue weighted by atomic mass is 16.5. The summed E-state index contributed by atoms with van der Waals surface area (Å²) in [6.45, 7) is 3.02. The molecule has 2 aromatic carbocycles. The van der Waals surface area contributed by atoms with Crippen molar-refractivity contribution in [3.63, 3.8) is 0 Å². The normalized spacial score (nSPS) is 14.6. The van der Waals surface area contributed by atoms with Crippen molar-refractivity contribution in [3.8, 4) is 5.75 Å². The summed E-state index contributed by atoms with van der Waals surface area (Å²) in [5, 5.41) is 0. The molecule has 1 aliphatic heterocycles. The molecule has 1 aliphatic rings. The monoisotopic (exact) mass is 253 g/mol. The number of anilines is 1. The first-order valence-corrected chi connectivity index (χ1v) is 6.93. The standard InChI is InChI=1S/C17H19NO/c1-2-6-17(7-3-1)19-14-15-8-10-16(11-9-15)18-12-4-5-13-18/h1-3,6-11H,4-5,12-14H2. The maximum absolute atomic E-state index is 5.74. The average molecular weight is 253 g/mol. The fourth-order valence-corrected chi connectivity index (χ4v) is 2.46. The Hall–Kier alpha value is -1.96. The average Bonchev–Trinajstić information content (AvgIpc) is 3.01. The maximum atomic E-state index is 5.74. The number of nitrogens with zero attached hydrogens (tertiary/aromatic N) is 1. The predicted molar refractivity (Wildman–Crippen MR) is 78.7 cm³/mol. The summed E-state index contributed by atoms with van der Waals surface area (Å²) in [7, 11) is 0. The summed E-state index contributed by atoms with van der Waals surface area (Å²) in [4.78, 5) is 2.45. The van der Waals surface area contributed by atoms with E-state index < -0.39 is 0 Å². The molecular formula is C17H19NO. The van der Waals surface area contributed by atoms with Gasteiger partial charge >= 0.3 is 0 Å². The van der Waals surface area contributed by atoms with Crippen LogP contribution in [-0.2, 0) is 6.61 Å². The van der Waals surface area contributed by atoms with Crippen LogP contribution in [0.5, 0.6) is 5.75 Å². The van der Waals surface area contributed by atoms with Gasteiger partial charge in [0.1, 0.15) is 12.4 Å². The lowest BCUT2D eigenvalue weighted by Gasteiger charge is -2.17. The van der Waals surface area contributed by atoms with Crippen molar-refractivity contribution >= 4 is 5.69 Å². The highest BCUT2D eigenvalue weighted by Gasteiger charge is 2.11. The molecule has 0 aliphatic carbocycles. The molecule has 0 unspecified atom stereocenters. The molecule has 0 spiro atoms.